The molecule has 0 bridgehead atoms. The summed E-state index contributed by atoms with van der Waals surface area (Å²) in [6, 6.07) is 17.3. The fourth-order valence-electron chi connectivity index (χ4n) is 5.94. The first kappa shape index (κ1) is 43.8. The van der Waals surface area contributed by atoms with Crippen molar-refractivity contribution in [3.63, 3.8) is 0 Å². The van der Waals surface area contributed by atoms with Gasteiger partial charge < -0.3 is 50.0 Å². The van der Waals surface area contributed by atoms with Crippen LogP contribution in [0.25, 0.3) is 0 Å². The zero-order chi connectivity index (χ0) is 43.4. The highest BCUT2D eigenvalue weighted by Gasteiger charge is 2.46. The first-order valence-electron chi connectivity index (χ1n) is 19.3. The van der Waals surface area contributed by atoms with Gasteiger partial charge in [-0.2, -0.15) is 0 Å². The van der Waals surface area contributed by atoms with Gasteiger partial charge in [0, 0.05) is 42.7 Å². The SMILES string of the molecule is CC(C)(C)OC(=O)Nc1nc(C(=NOC2(C(=O)OCc3ccccc3)CCOCC2)C(=O)NC2C(=O)NC2CNC(=O)NCc2cc(=O)c(OCc3ccccc3)c[nH]2)cs1. The number of oxime groups is 1. The Hall–Kier alpha value is -6.80. The highest BCUT2D eigenvalue weighted by Crippen LogP contribution is 2.29. The van der Waals surface area contributed by atoms with Gasteiger partial charge in [-0.25, -0.2) is 19.4 Å². The van der Waals surface area contributed by atoms with Crippen LogP contribution in [0.1, 0.15) is 56.1 Å². The standard InChI is InChI=1S/C41H46N8O11S/c1-40(2,3)59-39(55)48-38-46-29(24-61-38)33(49-60-41(14-16-56-17-15-41)36(53)58-23-26-12-8-5-9-13-26)35(52)47-32-28(45-34(32)51)20-44-37(54)43-19-27-18-30(50)31(21-42-27)57-22-25-10-6-4-7-11-25/h4-13,18,21,24,28,32H,14-17,19-20,22-23H2,1-3H3,(H,42,50)(H,45,51)(H,47,52)(H2,43,44,54)(H,46,48,55). The number of anilines is 1. The van der Waals surface area contributed by atoms with E-state index in [1.165, 1.54) is 17.6 Å². The van der Waals surface area contributed by atoms with Crippen molar-refractivity contribution >= 4 is 52.1 Å². The number of rotatable bonds is 16. The maximum absolute atomic E-state index is 13.9. The summed E-state index contributed by atoms with van der Waals surface area (Å²) in [6.45, 7) is 5.46. The number of nitrogens with one attached hydrogen (secondary N) is 6. The number of amides is 5. The number of carbonyl (C=O) groups is 5. The third kappa shape index (κ3) is 12.4. The van der Waals surface area contributed by atoms with E-state index in [9.17, 15) is 28.8 Å². The Morgan fingerprint density at radius 3 is 2.31 bits per heavy atom. The number of H-pyrrole nitrogens is 1. The Bertz CT molecular complexity index is 2270. The number of β-lactam (4-membered cyclic amide) rings is 1. The Balaban J connectivity index is 1.09. The summed E-state index contributed by atoms with van der Waals surface area (Å²) in [7, 11) is 0. The lowest BCUT2D eigenvalue weighted by Crippen LogP contribution is -2.72. The molecule has 6 rings (SSSR count). The fourth-order valence-corrected chi connectivity index (χ4v) is 6.62. The Morgan fingerprint density at radius 2 is 1.66 bits per heavy atom. The molecule has 2 aliphatic heterocycles. The minimum absolute atomic E-state index is 0.0249. The summed E-state index contributed by atoms with van der Waals surface area (Å²) < 4.78 is 22.0. The zero-order valence-electron chi connectivity index (χ0n) is 33.6. The molecule has 2 atom stereocenters. The summed E-state index contributed by atoms with van der Waals surface area (Å²) in [4.78, 5) is 91.2. The van der Waals surface area contributed by atoms with Gasteiger partial charge in [-0.1, -0.05) is 65.8 Å². The van der Waals surface area contributed by atoms with E-state index in [1.54, 1.807) is 32.9 Å². The average molecular weight is 859 g/mol. The molecule has 2 aromatic carbocycles. The molecule has 6 N–H and O–H groups in total. The van der Waals surface area contributed by atoms with Crippen molar-refractivity contribution in [2.75, 3.05) is 25.1 Å². The number of esters is 1. The number of hydrogen-bond donors (Lipinski definition) is 6. The van der Waals surface area contributed by atoms with Gasteiger partial charge in [-0.3, -0.25) is 19.7 Å². The molecule has 5 amide bonds. The third-order valence-electron chi connectivity index (χ3n) is 9.16. The second kappa shape index (κ2) is 20.0. The molecule has 61 heavy (non-hydrogen) atoms. The molecule has 0 radical (unpaired) electrons. The van der Waals surface area contributed by atoms with Gasteiger partial charge in [0.15, 0.2) is 16.6 Å². The number of benzene rings is 2. The van der Waals surface area contributed by atoms with Gasteiger partial charge in [-0.05, 0) is 31.9 Å². The van der Waals surface area contributed by atoms with Crippen molar-refractivity contribution in [1.29, 1.82) is 0 Å². The summed E-state index contributed by atoms with van der Waals surface area (Å²) in [5, 5.41) is 18.7. The number of aromatic nitrogens is 2. The van der Waals surface area contributed by atoms with E-state index in [-0.39, 0.29) is 74.4 Å². The van der Waals surface area contributed by atoms with Crippen molar-refractivity contribution in [3.05, 3.63) is 111 Å². The molecule has 2 saturated heterocycles. The van der Waals surface area contributed by atoms with Crippen LogP contribution in [0.2, 0.25) is 0 Å². The van der Waals surface area contributed by atoms with E-state index in [4.69, 9.17) is 23.8 Å². The number of nitrogens with zero attached hydrogens (tertiary/aromatic N) is 2. The van der Waals surface area contributed by atoms with Crippen LogP contribution in [0.15, 0.2) is 88.3 Å². The molecule has 19 nitrogen and oxygen atoms in total. The first-order chi connectivity index (χ1) is 29.3. The van der Waals surface area contributed by atoms with Gasteiger partial charge in [0.05, 0.1) is 25.8 Å². The van der Waals surface area contributed by atoms with Gasteiger partial charge in [-0.15, -0.1) is 11.3 Å². The maximum Gasteiger partial charge on any atom is 0.413 e. The number of pyridine rings is 1. The second-order valence-electron chi connectivity index (χ2n) is 15.0. The van der Waals surface area contributed by atoms with Crippen LogP contribution < -0.4 is 36.7 Å². The van der Waals surface area contributed by atoms with E-state index in [0.717, 1.165) is 22.5 Å². The average Bonchev–Trinajstić information content (AvgIpc) is 3.70. The highest BCUT2D eigenvalue weighted by atomic mass is 32.1. The lowest BCUT2D eigenvalue weighted by atomic mass is 9.94. The Morgan fingerprint density at radius 1 is 0.967 bits per heavy atom. The summed E-state index contributed by atoms with van der Waals surface area (Å²) in [5.74, 6) is -2.03. The lowest BCUT2D eigenvalue weighted by molar-refractivity contribution is -0.186. The number of hydrogen-bond acceptors (Lipinski definition) is 14. The van der Waals surface area contributed by atoms with Crippen molar-refractivity contribution in [2.45, 2.75) is 76.7 Å². The molecule has 2 fully saturated rings. The molecule has 0 aliphatic carbocycles. The van der Waals surface area contributed by atoms with Crippen LogP contribution in [-0.2, 0) is 53.2 Å². The fraction of sp³-hybridized carbons (Fsp3) is 0.366. The number of ether oxygens (including phenoxy) is 4. The molecule has 0 saturated carbocycles. The van der Waals surface area contributed by atoms with E-state index >= 15 is 0 Å². The van der Waals surface area contributed by atoms with Crippen molar-refractivity contribution < 1.29 is 47.8 Å². The molecule has 2 aromatic heterocycles. The van der Waals surface area contributed by atoms with Crippen LogP contribution in [0, 0.1) is 0 Å². The van der Waals surface area contributed by atoms with E-state index in [0.29, 0.717) is 5.69 Å². The van der Waals surface area contributed by atoms with E-state index in [1.807, 2.05) is 48.5 Å². The van der Waals surface area contributed by atoms with Crippen LogP contribution in [0.4, 0.5) is 14.7 Å². The number of thiazole rings is 1. The lowest BCUT2D eigenvalue weighted by Gasteiger charge is -2.37. The molecule has 2 unspecified atom stereocenters. The highest BCUT2D eigenvalue weighted by molar-refractivity contribution is 7.14. The molecule has 0 spiro atoms. The normalized spacial score (nSPS) is 17.1. The quantitative estimate of drug-likeness (QED) is 0.0412. The third-order valence-corrected chi connectivity index (χ3v) is 9.92. The van der Waals surface area contributed by atoms with Gasteiger partial charge >= 0.3 is 18.1 Å². The minimum Gasteiger partial charge on any atom is -0.483 e. The Kier molecular flexibility index (Phi) is 14.3. The summed E-state index contributed by atoms with van der Waals surface area (Å²) in [5.41, 5.74) is -1.17. The van der Waals surface area contributed by atoms with Gasteiger partial charge in [0.2, 0.25) is 16.9 Å². The van der Waals surface area contributed by atoms with Crippen molar-refractivity contribution in [3.8, 4) is 5.75 Å². The predicted molar refractivity (Wildman–Crippen MR) is 221 cm³/mol. The maximum atomic E-state index is 13.9. The van der Waals surface area contributed by atoms with Gasteiger partial charge in [0.1, 0.15) is 30.6 Å². The van der Waals surface area contributed by atoms with Crippen molar-refractivity contribution in [2.24, 2.45) is 5.16 Å². The summed E-state index contributed by atoms with van der Waals surface area (Å²) in [6.07, 6.45) is 0.765. The number of aromatic amines is 1. The van der Waals surface area contributed by atoms with E-state index in [2.05, 4.69) is 41.7 Å². The molecule has 4 heterocycles. The van der Waals surface area contributed by atoms with E-state index < -0.39 is 58.9 Å². The second-order valence-corrected chi connectivity index (χ2v) is 15.8. The van der Waals surface area contributed by atoms with Crippen molar-refractivity contribution in [1.82, 2.24) is 31.2 Å². The Labute approximate surface area is 353 Å². The first-order valence-corrected chi connectivity index (χ1v) is 20.2. The largest absolute Gasteiger partial charge is 0.483 e. The van der Waals surface area contributed by atoms with Gasteiger partial charge in [0.25, 0.3) is 5.91 Å². The van der Waals surface area contributed by atoms with Crippen LogP contribution in [-0.4, -0.2) is 88.6 Å². The van der Waals surface area contributed by atoms with Crippen LogP contribution in [0.5, 0.6) is 5.75 Å². The molecule has 2 aliphatic rings. The molecule has 4 aromatic rings. The number of carbonyl (C=O) groups excluding carboxylic acids is 5. The zero-order valence-corrected chi connectivity index (χ0v) is 34.4. The monoisotopic (exact) mass is 858 g/mol. The molecule has 20 heteroatoms. The predicted octanol–water partition coefficient (Wildman–Crippen LogP) is 3.25. The van der Waals surface area contributed by atoms with Crippen LogP contribution in [0.3, 0.4) is 0 Å². The summed E-state index contributed by atoms with van der Waals surface area (Å²) >= 11 is 0.968. The molecular weight excluding hydrogens is 813 g/mol. The smallest absolute Gasteiger partial charge is 0.413 e. The minimum atomic E-state index is -1.62. The molecule has 322 valence electrons. The topological polar surface area (TPSA) is 250 Å². The molecular formula is C41H46N8O11S. The van der Waals surface area contributed by atoms with Crippen LogP contribution >= 0.6 is 11.3 Å². The number of urea groups is 1.